The minimum Gasteiger partial charge on any atom is -0.504 e. The van der Waals surface area contributed by atoms with E-state index in [9.17, 15) is 17.9 Å². The second-order valence-electron chi connectivity index (χ2n) is 4.11. The molecule has 2 rings (SSSR count). The molecule has 0 atom stereocenters. The fourth-order valence-electron chi connectivity index (χ4n) is 1.45. The number of rotatable bonds is 4. The summed E-state index contributed by atoms with van der Waals surface area (Å²) in [5, 5.41) is 9.28. The summed E-state index contributed by atoms with van der Waals surface area (Å²) in [6, 6.07) is 1.81. The number of benzene rings is 1. The van der Waals surface area contributed by atoms with E-state index >= 15 is 0 Å². The summed E-state index contributed by atoms with van der Waals surface area (Å²) in [7, 11) is -3.56. The first-order valence-corrected chi connectivity index (χ1v) is 7.09. The van der Waals surface area contributed by atoms with Gasteiger partial charge in [-0.1, -0.05) is 11.6 Å². The van der Waals surface area contributed by atoms with Gasteiger partial charge in [-0.15, -0.1) is 0 Å². The van der Waals surface area contributed by atoms with Crippen LogP contribution in [-0.2, 0) is 10.0 Å². The Morgan fingerprint density at radius 2 is 2.12 bits per heavy atom. The topological polar surface area (TPSA) is 66.4 Å². The maximum atomic E-state index is 13.0. The highest BCUT2D eigenvalue weighted by atomic mass is 35.5. The molecule has 0 spiro atoms. The number of sulfonamides is 1. The molecule has 1 aromatic carbocycles. The van der Waals surface area contributed by atoms with Gasteiger partial charge in [-0.25, -0.2) is 12.8 Å². The Balaban J connectivity index is 2.22. The van der Waals surface area contributed by atoms with Crippen LogP contribution < -0.4 is 4.72 Å². The van der Waals surface area contributed by atoms with Crippen molar-refractivity contribution < 1.29 is 17.9 Å². The Bertz CT molecular complexity index is 543. The average molecular weight is 280 g/mol. The molecule has 0 saturated heterocycles. The summed E-state index contributed by atoms with van der Waals surface area (Å²) in [5.41, 5.74) is -0.226. The normalized spacial score (nSPS) is 15.9. The molecule has 1 fully saturated rings. The maximum Gasteiger partial charge on any atom is 0.233 e. The van der Waals surface area contributed by atoms with Crippen LogP contribution in [0.5, 0.6) is 5.75 Å². The molecule has 0 unspecified atom stereocenters. The highest BCUT2D eigenvalue weighted by Gasteiger charge is 2.28. The van der Waals surface area contributed by atoms with Crippen LogP contribution in [0.1, 0.15) is 12.8 Å². The maximum absolute atomic E-state index is 13.0. The van der Waals surface area contributed by atoms with Gasteiger partial charge in [-0.2, -0.15) is 0 Å². The molecule has 1 saturated carbocycles. The summed E-state index contributed by atoms with van der Waals surface area (Å²) >= 11 is 5.54. The first-order chi connectivity index (χ1) is 7.87. The second-order valence-corrected chi connectivity index (χ2v) is 6.28. The first kappa shape index (κ1) is 12.4. The molecule has 1 aliphatic rings. The molecule has 1 aromatic rings. The van der Waals surface area contributed by atoms with E-state index in [2.05, 4.69) is 4.72 Å². The molecule has 0 heterocycles. The number of aromatic hydroxyl groups is 1. The van der Waals surface area contributed by atoms with E-state index in [1.807, 2.05) is 0 Å². The third-order valence-corrected chi connectivity index (χ3v) is 4.17. The third-order valence-electron chi connectivity index (χ3n) is 2.45. The van der Waals surface area contributed by atoms with E-state index in [4.69, 9.17) is 11.6 Å². The number of phenolic OH excluding ortho intramolecular Hbond substituents is 1. The van der Waals surface area contributed by atoms with Gasteiger partial charge in [0.05, 0.1) is 16.5 Å². The van der Waals surface area contributed by atoms with Gasteiger partial charge in [0.15, 0.2) is 5.75 Å². The molecule has 17 heavy (non-hydrogen) atoms. The van der Waals surface area contributed by atoms with Crippen molar-refractivity contribution in [2.75, 3.05) is 10.5 Å². The van der Waals surface area contributed by atoms with E-state index in [0.717, 1.165) is 25.0 Å². The molecule has 94 valence electrons. The number of phenols is 1. The van der Waals surface area contributed by atoms with Gasteiger partial charge >= 0.3 is 0 Å². The van der Waals surface area contributed by atoms with E-state index in [1.54, 1.807) is 0 Å². The lowest BCUT2D eigenvalue weighted by atomic mass is 10.3. The molecular formula is C10H11ClFNO3S. The number of nitrogens with one attached hydrogen (secondary N) is 1. The van der Waals surface area contributed by atoms with Crippen molar-refractivity contribution in [3.8, 4) is 5.75 Å². The lowest BCUT2D eigenvalue weighted by molar-refractivity contribution is 0.476. The third kappa shape index (κ3) is 3.23. The standard InChI is InChI=1S/C10H11ClFNO3S/c11-8-3-7(12)4-9(10(8)14)13-17(15,16)5-6-1-2-6/h3-4,6,13-14H,1-2,5H2. The van der Waals surface area contributed by atoms with Crippen molar-refractivity contribution >= 4 is 27.3 Å². The summed E-state index contributed by atoms with van der Waals surface area (Å²) in [5.74, 6) is -1.02. The fraction of sp³-hybridized carbons (Fsp3) is 0.400. The number of hydrogen-bond acceptors (Lipinski definition) is 3. The quantitative estimate of drug-likeness (QED) is 0.832. The second kappa shape index (κ2) is 4.34. The minimum absolute atomic E-state index is 0.0133. The fourth-order valence-corrected chi connectivity index (χ4v) is 3.18. The van der Waals surface area contributed by atoms with Crippen molar-refractivity contribution in [2.24, 2.45) is 5.92 Å². The average Bonchev–Trinajstić information content (AvgIpc) is 2.95. The molecule has 2 N–H and O–H groups in total. The van der Waals surface area contributed by atoms with Crippen molar-refractivity contribution in [2.45, 2.75) is 12.8 Å². The van der Waals surface area contributed by atoms with Gasteiger partial charge < -0.3 is 5.11 Å². The van der Waals surface area contributed by atoms with Gasteiger partial charge in [0.25, 0.3) is 0 Å². The van der Waals surface area contributed by atoms with Gasteiger partial charge in [-0.3, -0.25) is 4.72 Å². The van der Waals surface area contributed by atoms with Crippen LogP contribution in [-0.4, -0.2) is 19.3 Å². The summed E-state index contributed by atoms with van der Waals surface area (Å²) in [6.45, 7) is 0. The van der Waals surface area contributed by atoms with Crippen molar-refractivity contribution in [1.82, 2.24) is 0 Å². The molecular weight excluding hydrogens is 269 g/mol. The zero-order valence-electron chi connectivity index (χ0n) is 8.78. The smallest absolute Gasteiger partial charge is 0.233 e. The SMILES string of the molecule is O=S(=O)(CC1CC1)Nc1cc(F)cc(Cl)c1O. The van der Waals surface area contributed by atoms with E-state index in [0.29, 0.717) is 0 Å². The van der Waals surface area contributed by atoms with Crippen molar-refractivity contribution in [3.63, 3.8) is 0 Å². The van der Waals surface area contributed by atoms with E-state index in [1.165, 1.54) is 0 Å². The Hall–Kier alpha value is -1.01. The van der Waals surface area contributed by atoms with E-state index in [-0.39, 0.29) is 22.4 Å². The Morgan fingerprint density at radius 1 is 1.47 bits per heavy atom. The van der Waals surface area contributed by atoms with Gasteiger partial charge in [0.1, 0.15) is 5.82 Å². The summed E-state index contributed by atoms with van der Waals surface area (Å²) < 4.78 is 38.4. The molecule has 4 nitrogen and oxygen atoms in total. The zero-order chi connectivity index (χ0) is 12.6. The highest BCUT2D eigenvalue weighted by Crippen LogP contribution is 2.35. The predicted molar refractivity (Wildman–Crippen MR) is 63.2 cm³/mol. The number of anilines is 1. The molecule has 0 aliphatic heterocycles. The Kier molecular flexibility index (Phi) is 3.18. The lowest BCUT2D eigenvalue weighted by Crippen LogP contribution is -2.18. The molecule has 0 bridgehead atoms. The van der Waals surface area contributed by atoms with Crippen molar-refractivity contribution in [3.05, 3.63) is 23.0 Å². The molecule has 0 aromatic heterocycles. The lowest BCUT2D eigenvalue weighted by Gasteiger charge is -2.10. The zero-order valence-corrected chi connectivity index (χ0v) is 10.4. The van der Waals surface area contributed by atoms with Crippen LogP contribution in [0.2, 0.25) is 5.02 Å². The summed E-state index contributed by atoms with van der Waals surface area (Å²) in [4.78, 5) is 0. The van der Waals surface area contributed by atoms with Gasteiger partial charge in [0, 0.05) is 6.07 Å². The highest BCUT2D eigenvalue weighted by molar-refractivity contribution is 7.92. The van der Waals surface area contributed by atoms with Crippen LogP contribution in [0.3, 0.4) is 0 Å². The van der Waals surface area contributed by atoms with E-state index < -0.39 is 21.6 Å². The predicted octanol–water partition coefficient (Wildman–Crippen LogP) is 2.34. The first-order valence-electron chi connectivity index (χ1n) is 5.06. The largest absolute Gasteiger partial charge is 0.504 e. The van der Waals surface area contributed by atoms with Crippen LogP contribution >= 0.6 is 11.6 Å². The van der Waals surface area contributed by atoms with Crippen LogP contribution in [0, 0.1) is 11.7 Å². The molecule has 7 heteroatoms. The minimum atomic E-state index is -3.56. The molecule has 0 amide bonds. The van der Waals surface area contributed by atoms with Crippen LogP contribution in [0.4, 0.5) is 10.1 Å². The monoisotopic (exact) mass is 279 g/mol. The molecule has 1 aliphatic carbocycles. The Morgan fingerprint density at radius 3 is 2.71 bits per heavy atom. The van der Waals surface area contributed by atoms with Gasteiger partial charge in [0.2, 0.25) is 10.0 Å². The van der Waals surface area contributed by atoms with Crippen molar-refractivity contribution in [1.29, 1.82) is 0 Å². The summed E-state index contributed by atoms with van der Waals surface area (Å²) in [6.07, 6.45) is 1.77. The van der Waals surface area contributed by atoms with Gasteiger partial charge in [-0.05, 0) is 24.8 Å². The van der Waals surface area contributed by atoms with Crippen LogP contribution in [0.25, 0.3) is 0 Å². The number of hydrogen-bond donors (Lipinski definition) is 2. The van der Waals surface area contributed by atoms with Crippen LogP contribution in [0.15, 0.2) is 12.1 Å². The Labute approximate surface area is 103 Å². The number of halogens is 2. The molecule has 0 radical (unpaired) electrons.